The molecule has 1 aliphatic rings. The molecule has 1 fully saturated rings. The summed E-state index contributed by atoms with van der Waals surface area (Å²) in [5.41, 5.74) is 1.57. The van der Waals surface area contributed by atoms with Crippen molar-refractivity contribution in [2.75, 3.05) is 13.1 Å². The van der Waals surface area contributed by atoms with E-state index in [0.29, 0.717) is 28.7 Å². The summed E-state index contributed by atoms with van der Waals surface area (Å²) in [5.74, 6) is -0.550. The molecule has 1 aromatic carbocycles. The van der Waals surface area contributed by atoms with Crippen LogP contribution < -0.4 is 5.32 Å². The van der Waals surface area contributed by atoms with Crippen molar-refractivity contribution in [2.24, 2.45) is 0 Å². The predicted octanol–water partition coefficient (Wildman–Crippen LogP) is 3.28. The zero-order chi connectivity index (χ0) is 18.5. The summed E-state index contributed by atoms with van der Waals surface area (Å²) in [6.07, 6.45) is 4.75. The number of benzene rings is 1. The molecule has 0 atom stereocenters. The molecule has 8 heteroatoms. The lowest BCUT2D eigenvalue weighted by Gasteiger charge is -2.27. The van der Waals surface area contributed by atoms with E-state index >= 15 is 0 Å². The molecule has 1 aliphatic heterocycles. The van der Waals surface area contributed by atoms with Crippen LogP contribution in [0.4, 0.5) is 0 Å². The second-order valence-corrected chi connectivity index (χ2v) is 7.29. The topological polar surface area (TPSA) is 75.2 Å². The molecule has 0 radical (unpaired) electrons. The van der Waals surface area contributed by atoms with Crippen LogP contribution in [-0.4, -0.2) is 39.4 Å². The summed E-state index contributed by atoms with van der Waals surface area (Å²) < 4.78 is 3.78. The van der Waals surface area contributed by atoms with Crippen molar-refractivity contribution in [1.82, 2.24) is 19.8 Å². The number of carbonyl (C=O) groups excluding carboxylic acids is 2. The minimum absolute atomic E-state index is 0.178. The molecule has 2 aromatic rings. The van der Waals surface area contributed by atoms with Crippen LogP contribution in [0.3, 0.4) is 0 Å². The number of piperidine rings is 1. The minimum Gasteiger partial charge on any atom is -0.337 e. The lowest BCUT2D eigenvalue weighted by molar-refractivity contribution is -0.128. The van der Waals surface area contributed by atoms with Gasteiger partial charge in [-0.05, 0) is 61.5 Å². The molecule has 2 heterocycles. The highest BCUT2D eigenvalue weighted by atomic mass is 35.5. The Morgan fingerprint density at radius 3 is 2.50 bits per heavy atom. The van der Waals surface area contributed by atoms with Crippen LogP contribution in [0.25, 0.3) is 6.08 Å². The van der Waals surface area contributed by atoms with Gasteiger partial charge < -0.3 is 10.2 Å². The third-order valence-corrected chi connectivity index (χ3v) is 5.24. The van der Waals surface area contributed by atoms with Crippen molar-refractivity contribution >= 4 is 41.0 Å². The summed E-state index contributed by atoms with van der Waals surface area (Å²) in [4.78, 5) is 27.7. The van der Waals surface area contributed by atoms with Gasteiger partial charge in [-0.1, -0.05) is 28.2 Å². The first-order valence-corrected chi connectivity index (χ1v) is 9.56. The Balaban J connectivity index is 1.87. The monoisotopic (exact) mass is 390 g/mol. The maximum absolute atomic E-state index is 12.9. The van der Waals surface area contributed by atoms with Gasteiger partial charge in [0.15, 0.2) is 0 Å². The molecular weight excluding hydrogens is 372 g/mol. The average Bonchev–Trinajstić information content (AvgIpc) is 3.09. The van der Waals surface area contributed by atoms with Gasteiger partial charge in [0, 0.05) is 18.1 Å². The van der Waals surface area contributed by atoms with E-state index in [1.54, 1.807) is 42.2 Å². The molecule has 1 N–H and O–H groups in total. The van der Waals surface area contributed by atoms with Gasteiger partial charge in [-0.3, -0.25) is 9.59 Å². The van der Waals surface area contributed by atoms with E-state index in [9.17, 15) is 9.59 Å². The lowest BCUT2D eigenvalue weighted by Crippen LogP contribution is -2.41. The fraction of sp³-hybridized carbons (Fsp3) is 0.333. The van der Waals surface area contributed by atoms with Crippen molar-refractivity contribution in [3.63, 3.8) is 0 Å². The van der Waals surface area contributed by atoms with E-state index in [0.717, 1.165) is 36.4 Å². The molecule has 6 nitrogen and oxygen atoms in total. The minimum atomic E-state index is -0.372. The van der Waals surface area contributed by atoms with Gasteiger partial charge in [0.05, 0.1) is 5.69 Å². The van der Waals surface area contributed by atoms with Crippen LogP contribution in [0.15, 0.2) is 30.0 Å². The summed E-state index contributed by atoms with van der Waals surface area (Å²) in [6.45, 7) is 3.12. The number of halogens is 1. The van der Waals surface area contributed by atoms with Crippen LogP contribution in [0.1, 0.15) is 40.2 Å². The standard InChI is InChI=1S/C18H19ClN4O2S/c1-12-16(26-22-21-12)17(24)20-15(11-13-5-7-14(19)8-6-13)18(25)23-9-3-2-4-10-23/h5-8,11H,2-4,9-10H2,1H3,(H,20,24)/b15-11+. The first-order valence-electron chi connectivity index (χ1n) is 8.41. The summed E-state index contributed by atoms with van der Waals surface area (Å²) >= 11 is 6.94. The van der Waals surface area contributed by atoms with E-state index in [-0.39, 0.29) is 17.5 Å². The average molecular weight is 391 g/mol. The molecule has 0 bridgehead atoms. The predicted molar refractivity (Wildman–Crippen MR) is 102 cm³/mol. The Morgan fingerprint density at radius 2 is 1.88 bits per heavy atom. The van der Waals surface area contributed by atoms with E-state index in [1.807, 2.05) is 0 Å². The number of nitrogens with one attached hydrogen (secondary N) is 1. The smallest absolute Gasteiger partial charge is 0.270 e. The van der Waals surface area contributed by atoms with Crippen LogP contribution in [0.2, 0.25) is 5.02 Å². The zero-order valence-electron chi connectivity index (χ0n) is 14.4. The van der Waals surface area contributed by atoms with Crippen molar-refractivity contribution < 1.29 is 9.59 Å². The second kappa shape index (κ2) is 8.42. The van der Waals surface area contributed by atoms with Crippen LogP contribution in [-0.2, 0) is 4.79 Å². The number of likely N-dealkylation sites (tertiary alicyclic amines) is 1. The summed E-state index contributed by atoms with van der Waals surface area (Å²) in [5, 5.41) is 7.21. The third kappa shape index (κ3) is 4.47. The first-order chi connectivity index (χ1) is 12.5. The van der Waals surface area contributed by atoms with Gasteiger partial charge in [-0.2, -0.15) is 0 Å². The van der Waals surface area contributed by atoms with Gasteiger partial charge in [0.2, 0.25) is 0 Å². The number of rotatable bonds is 4. The highest BCUT2D eigenvalue weighted by Gasteiger charge is 2.23. The van der Waals surface area contributed by atoms with E-state index in [2.05, 4.69) is 14.9 Å². The molecule has 3 rings (SSSR count). The maximum atomic E-state index is 12.9. The van der Waals surface area contributed by atoms with E-state index < -0.39 is 0 Å². The number of nitrogens with zero attached hydrogens (tertiary/aromatic N) is 3. The Morgan fingerprint density at radius 1 is 1.19 bits per heavy atom. The Bertz CT molecular complexity index is 826. The van der Waals surface area contributed by atoms with Crippen molar-refractivity contribution in [1.29, 1.82) is 0 Å². The van der Waals surface area contributed by atoms with Gasteiger partial charge in [-0.15, -0.1) is 5.10 Å². The highest BCUT2D eigenvalue weighted by molar-refractivity contribution is 7.08. The fourth-order valence-electron chi connectivity index (χ4n) is 2.76. The first kappa shape index (κ1) is 18.5. The molecule has 136 valence electrons. The molecule has 1 aromatic heterocycles. The third-order valence-electron chi connectivity index (χ3n) is 4.16. The summed E-state index contributed by atoms with van der Waals surface area (Å²) in [6, 6.07) is 7.10. The fourth-order valence-corrected chi connectivity index (χ4v) is 3.44. The molecule has 2 amide bonds. The number of aromatic nitrogens is 2. The van der Waals surface area contributed by atoms with Crippen LogP contribution in [0.5, 0.6) is 0 Å². The van der Waals surface area contributed by atoms with Gasteiger partial charge >= 0.3 is 0 Å². The maximum Gasteiger partial charge on any atom is 0.270 e. The molecule has 0 unspecified atom stereocenters. The Labute approximate surface area is 161 Å². The largest absolute Gasteiger partial charge is 0.337 e. The quantitative estimate of drug-likeness (QED) is 0.813. The number of carbonyl (C=O) groups is 2. The number of hydrogen-bond donors (Lipinski definition) is 1. The molecule has 26 heavy (non-hydrogen) atoms. The number of amides is 2. The van der Waals surface area contributed by atoms with Crippen LogP contribution in [0, 0.1) is 6.92 Å². The van der Waals surface area contributed by atoms with Gasteiger partial charge in [0.25, 0.3) is 11.8 Å². The van der Waals surface area contributed by atoms with Crippen LogP contribution >= 0.6 is 23.1 Å². The molecule has 0 spiro atoms. The Hall–Kier alpha value is -2.25. The zero-order valence-corrected chi connectivity index (χ0v) is 15.9. The second-order valence-electron chi connectivity index (χ2n) is 6.10. The van der Waals surface area contributed by atoms with E-state index in [1.165, 1.54) is 0 Å². The number of hydrogen-bond acceptors (Lipinski definition) is 5. The van der Waals surface area contributed by atoms with Gasteiger partial charge in [-0.25, -0.2) is 0 Å². The normalized spacial score (nSPS) is 15.0. The number of aryl methyl sites for hydroxylation is 1. The van der Waals surface area contributed by atoms with Crippen molar-refractivity contribution in [2.45, 2.75) is 26.2 Å². The SMILES string of the molecule is Cc1nnsc1C(=O)N/C(=C/c1ccc(Cl)cc1)C(=O)N1CCCCC1. The molecule has 0 saturated carbocycles. The molecule has 1 saturated heterocycles. The summed E-state index contributed by atoms with van der Waals surface area (Å²) in [7, 11) is 0. The lowest BCUT2D eigenvalue weighted by atomic mass is 10.1. The van der Waals surface area contributed by atoms with Crippen molar-refractivity contribution in [3.05, 3.63) is 51.1 Å². The Kier molecular flexibility index (Phi) is 6.00. The van der Waals surface area contributed by atoms with Gasteiger partial charge in [0.1, 0.15) is 10.6 Å². The molecule has 0 aliphatic carbocycles. The highest BCUT2D eigenvalue weighted by Crippen LogP contribution is 2.17. The van der Waals surface area contributed by atoms with E-state index in [4.69, 9.17) is 11.6 Å². The molecular formula is C18H19ClN4O2S. The van der Waals surface area contributed by atoms with Crippen molar-refractivity contribution in [3.8, 4) is 0 Å².